The first-order valence-electron chi connectivity index (χ1n) is 12.9. The Morgan fingerprint density at radius 1 is 0.838 bits per heavy atom. The fourth-order valence-electron chi connectivity index (χ4n) is 4.20. The summed E-state index contributed by atoms with van der Waals surface area (Å²) in [5, 5.41) is 2.93. The molecule has 0 aliphatic carbocycles. The van der Waals surface area contributed by atoms with Gasteiger partial charge in [-0.3, -0.25) is 4.79 Å². The van der Waals surface area contributed by atoms with Crippen LogP contribution in [0.25, 0.3) is 11.0 Å². The number of unbranched alkanes of at least 4 members (excludes halogenated alkanes) is 2. The molecule has 1 amide bonds. The van der Waals surface area contributed by atoms with Gasteiger partial charge in [0.15, 0.2) is 6.61 Å². The van der Waals surface area contributed by atoms with Crippen LogP contribution in [0.5, 0.6) is 17.2 Å². The van der Waals surface area contributed by atoms with E-state index in [1.807, 2.05) is 60.7 Å². The van der Waals surface area contributed by atoms with Crippen LogP contribution in [0.2, 0.25) is 0 Å². The molecule has 1 heterocycles. The Labute approximate surface area is 218 Å². The van der Waals surface area contributed by atoms with Crippen LogP contribution >= 0.6 is 0 Å². The van der Waals surface area contributed by atoms with Gasteiger partial charge in [0.2, 0.25) is 0 Å². The normalized spacial score (nSPS) is 10.8. The molecule has 0 aliphatic heterocycles. The zero-order valence-electron chi connectivity index (χ0n) is 21.4. The number of nitrogens with one attached hydrogen (secondary N) is 1. The number of aryl methyl sites for hydroxylation is 2. The van der Waals surface area contributed by atoms with E-state index in [0.717, 1.165) is 67.0 Å². The molecule has 0 saturated heterocycles. The highest BCUT2D eigenvalue weighted by atomic mass is 16.5. The number of rotatable bonds is 15. The standard InChI is InChI=1S/C30H35N3O4/c1-35-25-14-10-15-26(22-25)36-21-11-20-33-28-17-8-7-16-27(28)32-29(33)18-6-3-9-19-31-30(34)23-37-24-12-4-2-5-13-24/h2,4-5,7-8,10,12-17,22H,3,6,9,11,18-21,23H2,1H3,(H,31,34). The topological polar surface area (TPSA) is 74.6 Å². The van der Waals surface area contributed by atoms with Crippen molar-refractivity contribution in [3.8, 4) is 17.2 Å². The number of ether oxygens (including phenoxy) is 3. The molecule has 4 aromatic rings. The summed E-state index contributed by atoms with van der Waals surface area (Å²) in [5.74, 6) is 3.31. The minimum absolute atomic E-state index is 0.0373. The number of carbonyl (C=O) groups excluding carboxylic acids is 1. The third-order valence-corrected chi connectivity index (χ3v) is 6.08. The highest BCUT2D eigenvalue weighted by molar-refractivity contribution is 5.77. The lowest BCUT2D eigenvalue weighted by molar-refractivity contribution is -0.123. The predicted octanol–water partition coefficient (Wildman–Crippen LogP) is 5.42. The third-order valence-electron chi connectivity index (χ3n) is 6.08. The maximum absolute atomic E-state index is 12.0. The van der Waals surface area contributed by atoms with E-state index in [9.17, 15) is 4.79 Å². The Balaban J connectivity index is 1.19. The lowest BCUT2D eigenvalue weighted by Gasteiger charge is -2.11. The maximum Gasteiger partial charge on any atom is 0.257 e. The van der Waals surface area contributed by atoms with Gasteiger partial charge >= 0.3 is 0 Å². The Hall–Kier alpha value is -4.00. The average Bonchev–Trinajstić information content (AvgIpc) is 3.29. The van der Waals surface area contributed by atoms with Gasteiger partial charge in [-0.25, -0.2) is 4.98 Å². The minimum Gasteiger partial charge on any atom is -0.497 e. The van der Waals surface area contributed by atoms with Gasteiger partial charge < -0.3 is 24.1 Å². The number of nitrogens with zero attached hydrogens (tertiary/aromatic N) is 2. The molecule has 0 atom stereocenters. The van der Waals surface area contributed by atoms with E-state index in [1.54, 1.807) is 7.11 Å². The first kappa shape index (κ1) is 26.1. The van der Waals surface area contributed by atoms with Crippen LogP contribution in [-0.2, 0) is 17.8 Å². The van der Waals surface area contributed by atoms with Crippen LogP contribution < -0.4 is 19.5 Å². The van der Waals surface area contributed by atoms with Gasteiger partial charge in [0.1, 0.15) is 23.1 Å². The highest BCUT2D eigenvalue weighted by Crippen LogP contribution is 2.21. The number of fused-ring (bicyclic) bond motifs is 1. The number of methoxy groups -OCH3 is 1. The molecule has 0 saturated carbocycles. The van der Waals surface area contributed by atoms with Crippen molar-refractivity contribution in [1.29, 1.82) is 0 Å². The molecule has 194 valence electrons. The van der Waals surface area contributed by atoms with Crippen molar-refractivity contribution < 1.29 is 19.0 Å². The summed E-state index contributed by atoms with van der Waals surface area (Å²) in [6.07, 6.45) is 4.73. The number of para-hydroxylation sites is 3. The molecule has 0 aliphatic rings. The summed E-state index contributed by atoms with van der Waals surface area (Å²) in [6.45, 7) is 2.15. The number of carbonyl (C=O) groups is 1. The van der Waals surface area contributed by atoms with Gasteiger partial charge in [0.25, 0.3) is 5.91 Å². The highest BCUT2D eigenvalue weighted by Gasteiger charge is 2.10. The first-order chi connectivity index (χ1) is 18.2. The van der Waals surface area contributed by atoms with Gasteiger partial charge in [0.05, 0.1) is 24.8 Å². The van der Waals surface area contributed by atoms with Crippen molar-refractivity contribution in [2.45, 2.75) is 38.6 Å². The number of imidazole rings is 1. The molecular formula is C30H35N3O4. The van der Waals surface area contributed by atoms with Gasteiger partial charge in [-0.15, -0.1) is 0 Å². The van der Waals surface area contributed by atoms with E-state index >= 15 is 0 Å². The first-order valence-corrected chi connectivity index (χ1v) is 12.9. The van der Waals surface area contributed by atoms with Crippen LogP contribution in [0.15, 0.2) is 78.9 Å². The SMILES string of the molecule is COc1cccc(OCCCn2c(CCCCCNC(=O)COc3ccccc3)nc3ccccc32)c1. The molecule has 0 radical (unpaired) electrons. The van der Waals surface area contributed by atoms with Crippen LogP contribution in [0.3, 0.4) is 0 Å². The van der Waals surface area contributed by atoms with Crippen LogP contribution in [0.1, 0.15) is 31.5 Å². The van der Waals surface area contributed by atoms with Gasteiger partial charge in [-0.1, -0.05) is 42.8 Å². The van der Waals surface area contributed by atoms with Crippen molar-refractivity contribution in [2.75, 3.05) is 26.9 Å². The Kier molecular flexibility index (Phi) is 9.81. The van der Waals surface area contributed by atoms with Crippen molar-refractivity contribution in [3.05, 3.63) is 84.7 Å². The van der Waals surface area contributed by atoms with E-state index in [0.29, 0.717) is 18.9 Å². The summed E-state index contributed by atoms with van der Waals surface area (Å²) in [6, 6.07) is 25.3. The van der Waals surface area contributed by atoms with Crippen molar-refractivity contribution in [3.63, 3.8) is 0 Å². The fraction of sp³-hybridized carbons (Fsp3) is 0.333. The van der Waals surface area contributed by atoms with Gasteiger partial charge in [-0.05, 0) is 55.7 Å². The Bertz CT molecular complexity index is 1260. The van der Waals surface area contributed by atoms with Crippen LogP contribution in [0.4, 0.5) is 0 Å². The molecule has 3 aromatic carbocycles. The van der Waals surface area contributed by atoms with Crippen molar-refractivity contribution in [1.82, 2.24) is 14.9 Å². The second kappa shape index (κ2) is 13.9. The van der Waals surface area contributed by atoms with E-state index in [-0.39, 0.29) is 12.5 Å². The second-order valence-corrected chi connectivity index (χ2v) is 8.81. The number of amides is 1. The number of aromatic nitrogens is 2. The van der Waals surface area contributed by atoms with E-state index < -0.39 is 0 Å². The quantitative estimate of drug-likeness (QED) is 0.220. The number of hydrogen-bond acceptors (Lipinski definition) is 5. The maximum atomic E-state index is 12.0. The summed E-state index contributed by atoms with van der Waals surface area (Å²) in [4.78, 5) is 16.9. The fourth-order valence-corrected chi connectivity index (χ4v) is 4.20. The molecule has 37 heavy (non-hydrogen) atoms. The number of hydrogen-bond donors (Lipinski definition) is 1. The molecule has 0 spiro atoms. The van der Waals surface area contributed by atoms with Crippen molar-refractivity contribution >= 4 is 16.9 Å². The molecule has 7 nitrogen and oxygen atoms in total. The average molecular weight is 502 g/mol. The van der Waals surface area contributed by atoms with Crippen molar-refractivity contribution in [2.24, 2.45) is 0 Å². The lowest BCUT2D eigenvalue weighted by Crippen LogP contribution is -2.29. The Morgan fingerprint density at radius 3 is 2.49 bits per heavy atom. The van der Waals surface area contributed by atoms with Gasteiger partial charge in [0, 0.05) is 25.6 Å². The van der Waals surface area contributed by atoms with E-state index in [1.165, 1.54) is 0 Å². The molecule has 0 fully saturated rings. The summed E-state index contributed by atoms with van der Waals surface area (Å²) in [7, 11) is 1.66. The second-order valence-electron chi connectivity index (χ2n) is 8.81. The molecule has 7 heteroatoms. The monoisotopic (exact) mass is 501 g/mol. The van der Waals surface area contributed by atoms with E-state index in [2.05, 4.69) is 28.1 Å². The third kappa shape index (κ3) is 8.00. The molecule has 4 rings (SSSR count). The summed E-state index contributed by atoms with van der Waals surface area (Å²) < 4.78 is 19.0. The smallest absolute Gasteiger partial charge is 0.257 e. The molecular weight excluding hydrogens is 466 g/mol. The molecule has 0 unspecified atom stereocenters. The minimum atomic E-state index is -0.0955. The zero-order valence-corrected chi connectivity index (χ0v) is 21.4. The van der Waals surface area contributed by atoms with E-state index in [4.69, 9.17) is 19.2 Å². The molecule has 1 N–H and O–H groups in total. The lowest BCUT2D eigenvalue weighted by atomic mass is 10.2. The summed E-state index contributed by atoms with van der Waals surface area (Å²) >= 11 is 0. The van der Waals surface area contributed by atoms with Crippen LogP contribution in [0, 0.1) is 0 Å². The van der Waals surface area contributed by atoms with Gasteiger partial charge in [-0.2, -0.15) is 0 Å². The predicted molar refractivity (Wildman–Crippen MR) is 145 cm³/mol. The summed E-state index contributed by atoms with van der Waals surface area (Å²) in [5.41, 5.74) is 2.18. The Morgan fingerprint density at radius 2 is 1.62 bits per heavy atom. The zero-order chi connectivity index (χ0) is 25.7. The molecule has 0 bridgehead atoms. The number of benzene rings is 3. The largest absolute Gasteiger partial charge is 0.497 e. The molecule has 1 aromatic heterocycles. The van der Waals surface area contributed by atoms with Crippen LogP contribution in [-0.4, -0.2) is 42.3 Å².